The predicted octanol–water partition coefficient (Wildman–Crippen LogP) is 7.56. The van der Waals surface area contributed by atoms with Crippen molar-refractivity contribution >= 4 is 57.3 Å². The van der Waals surface area contributed by atoms with E-state index < -0.39 is 17.7 Å². The van der Waals surface area contributed by atoms with Gasteiger partial charge in [0.05, 0.1) is 11.6 Å². The molecule has 1 saturated heterocycles. The van der Waals surface area contributed by atoms with E-state index in [1.165, 1.54) is 28.0 Å². The number of amides is 1. The van der Waals surface area contributed by atoms with Crippen LogP contribution in [0.3, 0.4) is 0 Å². The van der Waals surface area contributed by atoms with E-state index in [0.717, 1.165) is 22.4 Å². The van der Waals surface area contributed by atoms with Crippen molar-refractivity contribution in [3.8, 4) is 5.75 Å². The van der Waals surface area contributed by atoms with Gasteiger partial charge < -0.3 is 9.84 Å². The Morgan fingerprint density at radius 3 is 2.62 bits per heavy atom. The molecule has 3 aromatic carbocycles. The molecule has 0 aliphatic carbocycles. The molecule has 2 aliphatic heterocycles. The van der Waals surface area contributed by atoms with Crippen LogP contribution in [0, 0.1) is 0 Å². The van der Waals surface area contributed by atoms with Crippen LogP contribution in [-0.2, 0) is 21.8 Å². The number of aromatic nitrogens is 2. The van der Waals surface area contributed by atoms with Gasteiger partial charge in [0.25, 0.3) is 5.78 Å². The molecule has 6 rings (SSSR count). The Morgan fingerprint density at radius 2 is 1.88 bits per heavy atom. The highest BCUT2D eigenvalue weighted by molar-refractivity contribution is 8.00. The smallest absolute Gasteiger partial charge is 0.301 e. The van der Waals surface area contributed by atoms with Gasteiger partial charge in [0.2, 0.25) is 5.13 Å². The molecule has 214 valence electrons. The number of nitrogens with zero attached hydrogens (tertiary/aromatic N) is 3. The van der Waals surface area contributed by atoms with Crippen LogP contribution in [0.2, 0.25) is 5.02 Å². The summed E-state index contributed by atoms with van der Waals surface area (Å²) in [5, 5.41) is 21.1. The van der Waals surface area contributed by atoms with Crippen molar-refractivity contribution in [3.05, 3.63) is 105 Å². The topological polar surface area (TPSA) is 92.6 Å². The number of halogens is 1. The molecule has 0 saturated carbocycles. The number of Topliss-reactive ketones (excluding diaryl/α,β-unsaturated/α-hetero) is 1. The van der Waals surface area contributed by atoms with E-state index in [-0.39, 0.29) is 22.6 Å². The Kier molecular flexibility index (Phi) is 7.83. The van der Waals surface area contributed by atoms with Gasteiger partial charge in [0, 0.05) is 22.8 Å². The maximum atomic E-state index is 13.6. The third kappa shape index (κ3) is 5.32. The van der Waals surface area contributed by atoms with E-state index in [9.17, 15) is 14.7 Å². The molecule has 1 N–H and O–H groups in total. The number of aliphatic hydroxyl groups excluding tert-OH is 1. The number of benzene rings is 3. The number of anilines is 1. The summed E-state index contributed by atoms with van der Waals surface area (Å²) in [7, 11) is 0. The first-order valence-corrected chi connectivity index (χ1v) is 15.8. The predicted molar refractivity (Wildman–Crippen MR) is 166 cm³/mol. The SMILES string of the molecule is CC1Cc2cc(/C(O)=C3\C(=O)C(=O)N(c4nnc(SCc5ccccc5Cl)s4)C3c3ccc(C(C)C)cc3)ccc2O1. The van der Waals surface area contributed by atoms with Gasteiger partial charge in [-0.3, -0.25) is 14.5 Å². The molecule has 2 aliphatic rings. The van der Waals surface area contributed by atoms with Gasteiger partial charge in [-0.15, -0.1) is 10.2 Å². The number of carbonyl (C=O) groups excluding carboxylic acids is 2. The number of hydrogen-bond donors (Lipinski definition) is 1. The van der Waals surface area contributed by atoms with Crippen LogP contribution < -0.4 is 9.64 Å². The van der Waals surface area contributed by atoms with Crippen molar-refractivity contribution in [1.29, 1.82) is 0 Å². The summed E-state index contributed by atoms with van der Waals surface area (Å²) in [5.74, 6) is -0.108. The number of ether oxygens (including phenoxy) is 1. The molecule has 10 heteroatoms. The number of ketones is 1. The zero-order chi connectivity index (χ0) is 29.5. The number of carbonyl (C=O) groups is 2. The molecular weight excluding hydrogens is 590 g/mol. The highest BCUT2D eigenvalue weighted by Crippen LogP contribution is 2.45. The van der Waals surface area contributed by atoms with Crippen molar-refractivity contribution in [1.82, 2.24) is 10.2 Å². The molecule has 1 fully saturated rings. The molecule has 4 aromatic rings. The van der Waals surface area contributed by atoms with E-state index in [2.05, 4.69) is 24.0 Å². The largest absolute Gasteiger partial charge is 0.507 e. The second-order valence-electron chi connectivity index (χ2n) is 10.7. The fourth-order valence-corrected chi connectivity index (χ4v) is 7.40. The lowest BCUT2D eigenvalue weighted by Crippen LogP contribution is -2.29. The van der Waals surface area contributed by atoms with Gasteiger partial charge in [0.1, 0.15) is 17.6 Å². The average Bonchev–Trinajstić information content (AvgIpc) is 3.67. The molecule has 0 bridgehead atoms. The molecular formula is C32H28ClN3O4S2. The van der Waals surface area contributed by atoms with Crippen molar-refractivity contribution in [3.63, 3.8) is 0 Å². The molecule has 2 atom stereocenters. The summed E-state index contributed by atoms with van der Waals surface area (Å²) in [5.41, 5.74) is 4.20. The zero-order valence-electron chi connectivity index (χ0n) is 23.2. The van der Waals surface area contributed by atoms with E-state index in [1.807, 2.05) is 61.5 Å². The van der Waals surface area contributed by atoms with Crippen molar-refractivity contribution in [2.45, 2.75) is 55.3 Å². The van der Waals surface area contributed by atoms with Crippen LogP contribution in [0.15, 0.2) is 76.6 Å². The van der Waals surface area contributed by atoms with Gasteiger partial charge in [-0.25, -0.2) is 0 Å². The van der Waals surface area contributed by atoms with Crippen LogP contribution in [0.1, 0.15) is 60.5 Å². The standard InChI is InChI=1S/C32H28ClN3O4S2/c1-17(2)19-8-10-20(11-9-19)27-26(28(37)21-12-13-25-23(15-21)14-18(3)40-25)29(38)30(39)36(27)31-34-35-32(42-31)41-16-22-6-4-5-7-24(22)33/h4-13,15,17-18,27,37H,14,16H2,1-3H3/b28-26+. The molecule has 0 radical (unpaired) electrons. The number of rotatable bonds is 7. The Morgan fingerprint density at radius 1 is 1.12 bits per heavy atom. The lowest BCUT2D eigenvalue weighted by atomic mass is 9.93. The third-order valence-corrected chi connectivity index (χ3v) is 9.92. The maximum absolute atomic E-state index is 13.6. The molecule has 1 amide bonds. The van der Waals surface area contributed by atoms with Crippen LogP contribution in [0.4, 0.5) is 5.13 Å². The average molecular weight is 618 g/mol. The first-order chi connectivity index (χ1) is 20.2. The summed E-state index contributed by atoms with van der Waals surface area (Å²) in [6, 6.07) is 19.8. The Bertz CT molecular complexity index is 1720. The molecule has 7 nitrogen and oxygen atoms in total. The fourth-order valence-electron chi connectivity index (χ4n) is 5.25. The van der Waals surface area contributed by atoms with Crippen LogP contribution >= 0.6 is 34.7 Å². The Labute approximate surface area is 257 Å². The Balaban J connectivity index is 1.40. The number of aliphatic hydroxyl groups is 1. The molecule has 3 heterocycles. The molecule has 1 aromatic heterocycles. The zero-order valence-corrected chi connectivity index (χ0v) is 25.6. The minimum Gasteiger partial charge on any atom is -0.507 e. The van der Waals surface area contributed by atoms with Gasteiger partial charge in [-0.1, -0.05) is 91.0 Å². The van der Waals surface area contributed by atoms with E-state index in [4.69, 9.17) is 16.3 Å². The normalized spacial score (nSPS) is 19.4. The maximum Gasteiger partial charge on any atom is 0.301 e. The van der Waals surface area contributed by atoms with Gasteiger partial charge in [-0.05, 0) is 59.4 Å². The van der Waals surface area contributed by atoms with Crippen LogP contribution in [0.5, 0.6) is 5.75 Å². The summed E-state index contributed by atoms with van der Waals surface area (Å²) >= 11 is 8.99. The van der Waals surface area contributed by atoms with E-state index in [0.29, 0.717) is 38.6 Å². The second-order valence-corrected chi connectivity index (χ2v) is 13.3. The first kappa shape index (κ1) is 28.5. The summed E-state index contributed by atoms with van der Waals surface area (Å²) in [6.45, 7) is 6.18. The van der Waals surface area contributed by atoms with Crippen molar-refractivity contribution < 1.29 is 19.4 Å². The molecule has 0 spiro atoms. The Hall–Kier alpha value is -3.66. The second kappa shape index (κ2) is 11.6. The van der Waals surface area contributed by atoms with E-state index >= 15 is 0 Å². The first-order valence-electron chi connectivity index (χ1n) is 13.6. The summed E-state index contributed by atoms with van der Waals surface area (Å²) < 4.78 is 6.44. The highest BCUT2D eigenvalue weighted by Gasteiger charge is 2.48. The van der Waals surface area contributed by atoms with Gasteiger partial charge in [0.15, 0.2) is 4.34 Å². The molecule has 42 heavy (non-hydrogen) atoms. The van der Waals surface area contributed by atoms with E-state index in [1.54, 1.807) is 12.1 Å². The van der Waals surface area contributed by atoms with Crippen molar-refractivity contribution in [2.75, 3.05) is 4.90 Å². The summed E-state index contributed by atoms with van der Waals surface area (Å²) in [6.07, 6.45) is 0.731. The fraction of sp³-hybridized carbons (Fsp3) is 0.250. The minimum absolute atomic E-state index is 0.0182. The number of hydrogen-bond acceptors (Lipinski definition) is 8. The lowest BCUT2D eigenvalue weighted by molar-refractivity contribution is -0.132. The quantitative estimate of drug-likeness (QED) is 0.0752. The highest BCUT2D eigenvalue weighted by atomic mass is 35.5. The van der Waals surface area contributed by atoms with Gasteiger partial charge >= 0.3 is 5.91 Å². The van der Waals surface area contributed by atoms with Crippen molar-refractivity contribution in [2.24, 2.45) is 0 Å². The molecule has 2 unspecified atom stereocenters. The lowest BCUT2D eigenvalue weighted by Gasteiger charge is -2.23. The monoisotopic (exact) mass is 617 g/mol. The number of thioether (sulfide) groups is 1. The third-order valence-electron chi connectivity index (χ3n) is 7.44. The van der Waals surface area contributed by atoms with Gasteiger partial charge in [-0.2, -0.15) is 0 Å². The van der Waals surface area contributed by atoms with Crippen LogP contribution in [-0.4, -0.2) is 33.1 Å². The number of fused-ring (bicyclic) bond motifs is 1. The summed E-state index contributed by atoms with van der Waals surface area (Å²) in [4.78, 5) is 28.6. The minimum atomic E-state index is -0.871. The van der Waals surface area contributed by atoms with Crippen LogP contribution in [0.25, 0.3) is 5.76 Å².